The summed E-state index contributed by atoms with van der Waals surface area (Å²) < 4.78 is 0. The lowest BCUT2D eigenvalue weighted by atomic mass is 10.0. The van der Waals surface area contributed by atoms with Gasteiger partial charge < -0.3 is 31.8 Å². The Morgan fingerprint density at radius 2 is 1.80 bits per heavy atom. The lowest BCUT2D eigenvalue weighted by Gasteiger charge is -2.23. The first-order valence-corrected chi connectivity index (χ1v) is 9.84. The van der Waals surface area contributed by atoms with Gasteiger partial charge in [-0.05, 0) is 18.3 Å². The summed E-state index contributed by atoms with van der Waals surface area (Å²) in [6, 6.07) is -2.81. The highest BCUT2D eigenvalue weighted by Gasteiger charge is 2.27. The Balaban J connectivity index is 2.59. The molecule has 0 radical (unpaired) electrons. The summed E-state index contributed by atoms with van der Waals surface area (Å²) in [5, 5.41) is 16.6. The number of aromatic nitrogens is 2. The number of aromatic amines is 1. The number of aliphatic carboxylic acids is 1. The predicted octanol–water partition coefficient (Wildman–Crippen LogP) is -0.848. The van der Waals surface area contributed by atoms with Gasteiger partial charge in [-0.1, -0.05) is 27.7 Å². The molecule has 1 rings (SSSR count). The molecule has 0 fully saturated rings. The molecule has 168 valence electrons. The second kappa shape index (κ2) is 11.9. The van der Waals surface area contributed by atoms with Crippen molar-refractivity contribution in [3.05, 3.63) is 18.2 Å². The van der Waals surface area contributed by atoms with Crippen LogP contribution in [0.15, 0.2) is 12.5 Å². The summed E-state index contributed by atoms with van der Waals surface area (Å²) in [4.78, 5) is 54.8. The quantitative estimate of drug-likeness (QED) is 0.253. The summed E-state index contributed by atoms with van der Waals surface area (Å²) in [6.07, 6.45) is 3.54. The molecular weight excluding hydrogens is 392 g/mol. The van der Waals surface area contributed by atoms with Crippen LogP contribution in [0.3, 0.4) is 0 Å². The molecule has 1 heterocycles. The van der Waals surface area contributed by atoms with Crippen molar-refractivity contribution in [2.24, 2.45) is 17.6 Å². The molecule has 0 aliphatic carbocycles. The smallest absolute Gasteiger partial charge is 0.326 e. The van der Waals surface area contributed by atoms with Gasteiger partial charge in [0, 0.05) is 18.3 Å². The van der Waals surface area contributed by atoms with Crippen LogP contribution in [0.25, 0.3) is 0 Å². The second-order valence-electron chi connectivity index (χ2n) is 7.92. The molecule has 0 aliphatic heterocycles. The number of carboxylic acids is 1. The molecule has 1 aromatic heterocycles. The Bertz CT molecular complexity index is 719. The van der Waals surface area contributed by atoms with E-state index in [9.17, 15) is 24.3 Å². The monoisotopic (exact) mass is 424 g/mol. The molecule has 11 nitrogen and oxygen atoms in total. The van der Waals surface area contributed by atoms with Crippen LogP contribution >= 0.6 is 0 Å². The van der Waals surface area contributed by atoms with Crippen LogP contribution < -0.4 is 21.7 Å². The molecule has 7 N–H and O–H groups in total. The van der Waals surface area contributed by atoms with Crippen molar-refractivity contribution < 1.29 is 24.3 Å². The van der Waals surface area contributed by atoms with E-state index in [1.165, 1.54) is 6.33 Å². The fraction of sp³-hybridized carbons (Fsp3) is 0.632. The van der Waals surface area contributed by atoms with Crippen LogP contribution in [-0.2, 0) is 25.6 Å². The van der Waals surface area contributed by atoms with Gasteiger partial charge in [-0.3, -0.25) is 14.4 Å². The third kappa shape index (κ3) is 8.60. The first-order valence-electron chi connectivity index (χ1n) is 9.84. The van der Waals surface area contributed by atoms with Crippen molar-refractivity contribution >= 4 is 23.7 Å². The number of carbonyl (C=O) groups is 4. The SMILES string of the molecule is CC(C)CC(NC(=O)CNC(=O)C(NC(=O)C(N)Cc1cnc[nH]1)C(C)C)C(=O)O. The molecule has 0 spiro atoms. The minimum Gasteiger partial charge on any atom is -0.480 e. The molecule has 3 unspecified atom stereocenters. The molecule has 0 saturated carbocycles. The zero-order chi connectivity index (χ0) is 22.8. The number of amides is 3. The van der Waals surface area contributed by atoms with Crippen molar-refractivity contribution in [2.75, 3.05) is 6.54 Å². The van der Waals surface area contributed by atoms with Crippen LogP contribution in [0.4, 0.5) is 0 Å². The molecule has 1 aromatic rings. The first kappa shape index (κ1) is 25.1. The molecule has 3 atom stereocenters. The van der Waals surface area contributed by atoms with Gasteiger partial charge in [0.2, 0.25) is 17.7 Å². The Morgan fingerprint density at radius 3 is 2.30 bits per heavy atom. The van der Waals surface area contributed by atoms with Gasteiger partial charge in [0.25, 0.3) is 0 Å². The number of carbonyl (C=O) groups excluding carboxylic acids is 3. The number of hydrogen-bond acceptors (Lipinski definition) is 6. The van der Waals surface area contributed by atoms with Crippen molar-refractivity contribution in [1.82, 2.24) is 25.9 Å². The van der Waals surface area contributed by atoms with Gasteiger partial charge in [0.15, 0.2) is 0 Å². The highest BCUT2D eigenvalue weighted by molar-refractivity contribution is 5.92. The lowest BCUT2D eigenvalue weighted by molar-refractivity contribution is -0.142. The predicted molar refractivity (Wildman–Crippen MR) is 109 cm³/mol. The number of nitrogens with two attached hydrogens (primary N) is 1. The number of imidazole rings is 1. The lowest BCUT2D eigenvalue weighted by Crippen LogP contribution is -2.55. The van der Waals surface area contributed by atoms with Gasteiger partial charge in [0.05, 0.1) is 18.9 Å². The minimum atomic E-state index is -1.14. The number of hydrogen-bond donors (Lipinski definition) is 6. The maximum atomic E-state index is 12.5. The standard InChI is InChI=1S/C19H32N6O5/c1-10(2)5-14(19(29)30)24-15(26)8-22-18(28)16(11(3)4)25-17(27)13(20)6-12-7-21-9-23-12/h7,9-11,13-14,16H,5-6,8,20H2,1-4H3,(H,21,23)(H,22,28)(H,24,26)(H,25,27)(H,29,30). The number of H-pyrrole nitrogens is 1. The minimum absolute atomic E-state index is 0.0764. The Morgan fingerprint density at radius 1 is 1.13 bits per heavy atom. The van der Waals surface area contributed by atoms with Gasteiger partial charge >= 0.3 is 5.97 Å². The van der Waals surface area contributed by atoms with Gasteiger partial charge in [-0.25, -0.2) is 9.78 Å². The van der Waals surface area contributed by atoms with Crippen molar-refractivity contribution in [2.45, 2.75) is 58.7 Å². The third-order valence-corrected chi connectivity index (χ3v) is 4.34. The highest BCUT2D eigenvalue weighted by Crippen LogP contribution is 2.06. The van der Waals surface area contributed by atoms with E-state index in [1.54, 1.807) is 20.0 Å². The molecule has 0 aliphatic rings. The summed E-state index contributed by atoms with van der Waals surface area (Å²) in [6.45, 7) is 6.77. The maximum Gasteiger partial charge on any atom is 0.326 e. The van der Waals surface area contributed by atoms with Crippen LogP contribution in [-0.4, -0.2) is 63.4 Å². The number of rotatable bonds is 12. The van der Waals surface area contributed by atoms with E-state index in [1.807, 2.05) is 13.8 Å². The van der Waals surface area contributed by atoms with Crippen molar-refractivity contribution in [3.63, 3.8) is 0 Å². The summed E-state index contributed by atoms with van der Waals surface area (Å²) in [7, 11) is 0. The number of carboxylic acid groups (broad SMARTS) is 1. The number of nitrogens with zero attached hydrogens (tertiary/aromatic N) is 1. The van der Waals surface area contributed by atoms with E-state index in [2.05, 4.69) is 25.9 Å². The third-order valence-electron chi connectivity index (χ3n) is 4.34. The Hall–Kier alpha value is -2.95. The Kier molecular flexibility index (Phi) is 9.96. The highest BCUT2D eigenvalue weighted by atomic mass is 16.4. The number of nitrogens with one attached hydrogen (secondary N) is 4. The van der Waals surface area contributed by atoms with Crippen LogP contribution in [0.2, 0.25) is 0 Å². The topological polar surface area (TPSA) is 179 Å². The van der Waals surface area contributed by atoms with E-state index in [0.717, 1.165) is 0 Å². The fourth-order valence-corrected chi connectivity index (χ4v) is 2.74. The molecule has 30 heavy (non-hydrogen) atoms. The molecular formula is C19H32N6O5. The summed E-state index contributed by atoms with van der Waals surface area (Å²) >= 11 is 0. The summed E-state index contributed by atoms with van der Waals surface area (Å²) in [5.74, 6) is -3.01. The molecule has 3 amide bonds. The largest absolute Gasteiger partial charge is 0.480 e. The average Bonchev–Trinajstić information content (AvgIpc) is 3.15. The zero-order valence-corrected chi connectivity index (χ0v) is 17.8. The van der Waals surface area contributed by atoms with Crippen molar-refractivity contribution in [1.29, 1.82) is 0 Å². The van der Waals surface area contributed by atoms with Crippen molar-refractivity contribution in [3.8, 4) is 0 Å². The molecule has 11 heteroatoms. The molecule has 0 saturated heterocycles. The Labute approximate surface area is 175 Å². The van der Waals surface area contributed by atoms with E-state index < -0.39 is 48.4 Å². The molecule has 0 aromatic carbocycles. The summed E-state index contributed by atoms with van der Waals surface area (Å²) in [5.41, 5.74) is 6.58. The first-order chi connectivity index (χ1) is 14.0. The zero-order valence-electron chi connectivity index (χ0n) is 17.8. The van der Waals surface area contributed by atoms with Crippen LogP contribution in [0.1, 0.15) is 39.8 Å². The normalized spacial score (nSPS) is 14.1. The van der Waals surface area contributed by atoms with E-state index in [-0.39, 0.29) is 24.7 Å². The second-order valence-corrected chi connectivity index (χ2v) is 7.92. The van der Waals surface area contributed by atoms with Gasteiger partial charge in [-0.15, -0.1) is 0 Å². The van der Waals surface area contributed by atoms with E-state index in [0.29, 0.717) is 5.69 Å². The van der Waals surface area contributed by atoms with E-state index in [4.69, 9.17) is 5.73 Å². The van der Waals surface area contributed by atoms with Crippen LogP contribution in [0, 0.1) is 11.8 Å². The van der Waals surface area contributed by atoms with E-state index >= 15 is 0 Å². The van der Waals surface area contributed by atoms with Gasteiger partial charge in [-0.2, -0.15) is 0 Å². The fourth-order valence-electron chi connectivity index (χ4n) is 2.74. The maximum absolute atomic E-state index is 12.5. The average molecular weight is 425 g/mol. The van der Waals surface area contributed by atoms with Gasteiger partial charge in [0.1, 0.15) is 12.1 Å². The molecule has 0 bridgehead atoms. The van der Waals surface area contributed by atoms with Crippen LogP contribution in [0.5, 0.6) is 0 Å².